The maximum Gasteiger partial charge on any atom is 0.0708 e. The third-order valence-corrected chi connectivity index (χ3v) is 10.6. The van der Waals surface area contributed by atoms with Gasteiger partial charge < -0.3 is 0 Å². The Labute approximate surface area is 314 Å². The van der Waals surface area contributed by atoms with Crippen LogP contribution in [0.25, 0.3) is 99.3 Å². The van der Waals surface area contributed by atoms with E-state index >= 15 is 0 Å². The Morgan fingerprint density at radius 1 is 0.259 bits per heavy atom. The monoisotopic (exact) mass is 686 g/mol. The lowest BCUT2D eigenvalue weighted by Crippen LogP contribution is -1.96. The molecule has 2 aromatic heterocycles. The molecule has 8 aromatic carbocycles. The average molecular weight is 687 g/mol. The minimum absolute atomic E-state index is 0.946. The minimum atomic E-state index is 0.946. The van der Waals surface area contributed by atoms with Crippen molar-refractivity contribution < 1.29 is 0 Å². The van der Waals surface area contributed by atoms with E-state index in [0.29, 0.717) is 0 Å². The Balaban J connectivity index is 1.33. The molecule has 0 fully saturated rings. The van der Waals surface area contributed by atoms with Crippen molar-refractivity contribution in [1.29, 1.82) is 0 Å². The zero-order valence-corrected chi connectivity index (χ0v) is 29.5. The highest BCUT2D eigenvalue weighted by atomic mass is 14.7. The normalized spacial score (nSPS) is 11.3. The SMILES string of the molecule is c1ccc(-c2ccc(-c3c4ccccc4c(-c4ccc(-c5ccccc5)cc4-c4ccccn4)c4cc5ccccc5cc34)c(-c3ccccn3)c2)cc1. The van der Waals surface area contributed by atoms with Crippen LogP contribution in [-0.2, 0) is 0 Å². The lowest BCUT2D eigenvalue weighted by atomic mass is 9.81. The van der Waals surface area contributed by atoms with Crippen LogP contribution in [0.5, 0.6) is 0 Å². The summed E-state index contributed by atoms with van der Waals surface area (Å²) in [5, 5.41) is 7.20. The molecule has 2 nitrogen and oxygen atoms in total. The fourth-order valence-electron chi connectivity index (χ4n) is 8.06. The molecule has 0 amide bonds. The number of nitrogens with zero attached hydrogens (tertiary/aromatic N) is 2. The number of aromatic nitrogens is 2. The van der Waals surface area contributed by atoms with Crippen molar-refractivity contribution in [3.63, 3.8) is 0 Å². The molecular weight excluding hydrogens is 653 g/mol. The lowest BCUT2D eigenvalue weighted by Gasteiger charge is -2.22. The van der Waals surface area contributed by atoms with E-state index in [1.165, 1.54) is 54.6 Å². The molecule has 54 heavy (non-hydrogen) atoms. The van der Waals surface area contributed by atoms with Crippen molar-refractivity contribution in [3.05, 3.63) is 207 Å². The molecule has 2 heterocycles. The van der Waals surface area contributed by atoms with Crippen LogP contribution in [0.15, 0.2) is 207 Å². The summed E-state index contributed by atoms with van der Waals surface area (Å²) in [4.78, 5) is 9.83. The number of hydrogen-bond donors (Lipinski definition) is 0. The molecular formula is C52H34N2. The fraction of sp³-hybridized carbons (Fsp3) is 0. The molecule has 0 unspecified atom stereocenters. The van der Waals surface area contributed by atoms with Crippen LogP contribution in [0.2, 0.25) is 0 Å². The molecule has 0 aliphatic carbocycles. The largest absolute Gasteiger partial charge is 0.256 e. The topological polar surface area (TPSA) is 25.8 Å². The zero-order chi connectivity index (χ0) is 35.8. The van der Waals surface area contributed by atoms with Gasteiger partial charge in [0.15, 0.2) is 0 Å². The van der Waals surface area contributed by atoms with E-state index in [2.05, 4.69) is 182 Å². The second-order valence-corrected chi connectivity index (χ2v) is 13.7. The first-order valence-corrected chi connectivity index (χ1v) is 18.4. The van der Waals surface area contributed by atoms with Crippen LogP contribution in [0.3, 0.4) is 0 Å². The standard InChI is InChI=1S/C52H34N2/c1-3-15-35(16-4-1)39-25-27-43(45(31-39)49-23-11-13-29-53-49)51-41-21-9-10-22-42(41)52(48-34-38-20-8-7-19-37(38)33-47(48)51)44-28-26-40(36-17-5-2-6-18-36)32-46(44)50-24-12-14-30-54-50/h1-34H. The van der Waals surface area contributed by atoms with E-state index in [4.69, 9.17) is 9.97 Å². The Morgan fingerprint density at radius 3 is 1.09 bits per heavy atom. The summed E-state index contributed by atoms with van der Waals surface area (Å²) in [5.74, 6) is 0. The summed E-state index contributed by atoms with van der Waals surface area (Å²) < 4.78 is 0. The molecule has 252 valence electrons. The van der Waals surface area contributed by atoms with Crippen LogP contribution in [0.4, 0.5) is 0 Å². The molecule has 0 saturated heterocycles. The van der Waals surface area contributed by atoms with Gasteiger partial charge in [-0.2, -0.15) is 0 Å². The van der Waals surface area contributed by atoms with E-state index in [9.17, 15) is 0 Å². The van der Waals surface area contributed by atoms with E-state index in [1.54, 1.807) is 0 Å². The van der Waals surface area contributed by atoms with Crippen molar-refractivity contribution in [1.82, 2.24) is 9.97 Å². The van der Waals surface area contributed by atoms with Gasteiger partial charge in [0, 0.05) is 23.5 Å². The Bertz CT molecular complexity index is 2750. The Morgan fingerprint density at radius 2 is 0.667 bits per heavy atom. The number of fused-ring (bicyclic) bond motifs is 3. The van der Waals surface area contributed by atoms with Gasteiger partial charge in [-0.15, -0.1) is 0 Å². The molecule has 0 aliphatic heterocycles. The molecule has 0 spiro atoms. The van der Waals surface area contributed by atoms with Crippen molar-refractivity contribution in [2.75, 3.05) is 0 Å². The smallest absolute Gasteiger partial charge is 0.0708 e. The maximum atomic E-state index is 4.92. The minimum Gasteiger partial charge on any atom is -0.256 e. The van der Waals surface area contributed by atoms with Crippen molar-refractivity contribution in [2.24, 2.45) is 0 Å². The number of hydrogen-bond acceptors (Lipinski definition) is 2. The molecule has 0 aliphatic rings. The van der Waals surface area contributed by atoms with Crippen LogP contribution < -0.4 is 0 Å². The first kappa shape index (κ1) is 31.6. The van der Waals surface area contributed by atoms with Gasteiger partial charge in [-0.25, -0.2) is 0 Å². The Hall–Kier alpha value is -7.16. The third-order valence-electron chi connectivity index (χ3n) is 10.6. The Kier molecular flexibility index (Phi) is 7.85. The van der Waals surface area contributed by atoms with Gasteiger partial charge in [0.2, 0.25) is 0 Å². The summed E-state index contributed by atoms with van der Waals surface area (Å²) in [7, 11) is 0. The molecule has 0 radical (unpaired) electrons. The zero-order valence-electron chi connectivity index (χ0n) is 29.5. The number of benzene rings is 8. The van der Waals surface area contributed by atoms with E-state index in [-0.39, 0.29) is 0 Å². The quantitative estimate of drug-likeness (QED) is 0.163. The van der Waals surface area contributed by atoms with Gasteiger partial charge in [0.25, 0.3) is 0 Å². The predicted octanol–water partition coefficient (Wildman–Crippen LogP) is 13.9. The van der Waals surface area contributed by atoms with Crippen LogP contribution >= 0.6 is 0 Å². The first-order valence-electron chi connectivity index (χ1n) is 18.4. The molecule has 0 bridgehead atoms. The summed E-state index contributed by atoms with van der Waals surface area (Å²) in [5.41, 5.74) is 13.5. The maximum absolute atomic E-state index is 4.92. The van der Waals surface area contributed by atoms with Crippen LogP contribution in [-0.4, -0.2) is 9.97 Å². The number of rotatable bonds is 6. The van der Waals surface area contributed by atoms with Gasteiger partial charge in [-0.05, 0) is 125 Å². The van der Waals surface area contributed by atoms with Crippen molar-refractivity contribution >= 4 is 32.3 Å². The van der Waals surface area contributed by atoms with Crippen LogP contribution in [0.1, 0.15) is 0 Å². The van der Waals surface area contributed by atoms with Gasteiger partial charge >= 0.3 is 0 Å². The number of pyridine rings is 2. The van der Waals surface area contributed by atoms with Gasteiger partial charge in [0.05, 0.1) is 11.4 Å². The molecule has 0 atom stereocenters. The predicted molar refractivity (Wildman–Crippen MR) is 227 cm³/mol. The third kappa shape index (κ3) is 5.53. The molecule has 2 heteroatoms. The molecule has 10 rings (SSSR count). The summed E-state index contributed by atoms with van der Waals surface area (Å²) in [6.07, 6.45) is 3.78. The van der Waals surface area contributed by atoms with E-state index in [1.807, 2.05) is 24.5 Å². The lowest BCUT2D eigenvalue weighted by molar-refractivity contribution is 1.33. The second kappa shape index (κ2) is 13.4. The van der Waals surface area contributed by atoms with Crippen molar-refractivity contribution in [2.45, 2.75) is 0 Å². The van der Waals surface area contributed by atoms with Gasteiger partial charge in [-0.3, -0.25) is 9.97 Å². The second-order valence-electron chi connectivity index (χ2n) is 13.7. The highest BCUT2D eigenvalue weighted by Crippen LogP contribution is 2.49. The highest BCUT2D eigenvalue weighted by Gasteiger charge is 2.23. The molecule has 0 saturated carbocycles. The fourth-order valence-corrected chi connectivity index (χ4v) is 8.06. The average Bonchev–Trinajstić information content (AvgIpc) is 3.26. The van der Waals surface area contributed by atoms with Crippen LogP contribution in [0, 0.1) is 0 Å². The summed E-state index contributed by atoms with van der Waals surface area (Å²) in [6.45, 7) is 0. The summed E-state index contributed by atoms with van der Waals surface area (Å²) in [6, 6.07) is 69.7. The first-order chi connectivity index (χ1) is 26.8. The summed E-state index contributed by atoms with van der Waals surface area (Å²) >= 11 is 0. The highest BCUT2D eigenvalue weighted by molar-refractivity contribution is 6.25. The van der Waals surface area contributed by atoms with E-state index < -0.39 is 0 Å². The molecule has 0 N–H and O–H groups in total. The van der Waals surface area contributed by atoms with Gasteiger partial charge in [-0.1, -0.05) is 146 Å². The molecule has 10 aromatic rings. The van der Waals surface area contributed by atoms with Gasteiger partial charge in [0.1, 0.15) is 0 Å². The van der Waals surface area contributed by atoms with Crippen molar-refractivity contribution in [3.8, 4) is 67.0 Å². The van der Waals surface area contributed by atoms with E-state index in [0.717, 1.165) is 44.8 Å².